The van der Waals surface area contributed by atoms with Gasteiger partial charge < -0.3 is 9.47 Å². The first-order chi connectivity index (χ1) is 11.4. The fraction of sp³-hybridized carbons (Fsp3) is 0.474. The Labute approximate surface area is 141 Å². The monoisotopic (exact) mass is 334 g/mol. The Balaban J connectivity index is 2.04. The molecule has 1 aromatic carbocycles. The fourth-order valence-electron chi connectivity index (χ4n) is 2.85. The molecule has 0 aromatic heterocycles. The summed E-state index contributed by atoms with van der Waals surface area (Å²) in [4.78, 5) is 23.0. The molecule has 130 valence electrons. The Hall–Kier alpha value is -2.17. The molecular formula is C19H23FO4. The minimum Gasteiger partial charge on any atom is -0.487 e. The van der Waals surface area contributed by atoms with Crippen molar-refractivity contribution in [2.45, 2.75) is 46.1 Å². The number of benzene rings is 1. The number of hydrogen-bond donors (Lipinski definition) is 0. The van der Waals surface area contributed by atoms with E-state index in [0.29, 0.717) is 24.2 Å². The Bertz CT molecular complexity index is 651. The smallest absolute Gasteiger partial charge is 0.333 e. The molecule has 0 bridgehead atoms. The van der Waals surface area contributed by atoms with E-state index in [2.05, 4.69) is 0 Å². The first kappa shape index (κ1) is 18.2. The molecule has 0 heterocycles. The van der Waals surface area contributed by atoms with Gasteiger partial charge in [-0.3, -0.25) is 4.79 Å². The van der Waals surface area contributed by atoms with E-state index in [1.54, 1.807) is 39.0 Å². The zero-order valence-electron chi connectivity index (χ0n) is 14.3. The predicted octanol–water partition coefficient (Wildman–Crippen LogP) is 3.93. The molecule has 0 radical (unpaired) electrons. The minimum absolute atomic E-state index is 0.0208. The standard InChI is InChI=1S/C19H23FO4/c1-4-23-19(22)12(2)9-14-5-8-18(17(20)10-14)24-16-7-6-15(11-16)13(3)21/h5,8-10,15-16H,4,6-7,11H2,1-3H3/b12-9+/t15-,16+/m1/s1. The van der Waals surface area contributed by atoms with E-state index in [0.717, 1.165) is 12.8 Å². The van der Waals surface area contributed by atoms with Crippen LogP contribution < -0.4 is 4.74 Å². The van der Waals surface area contributed by atoms with Crippen molar-refractivity contribution in [2.75, 3.05) is 6.61 Å². The van der Waals surface area contributed by atoms with E-state index in [-0.39, 0.29) is 23.6 Å². The second-order valence-electron chi connectivity index (χ2n) is 6.10. The van der Waals surface area contributed by atoms with Crippen molar-refractivity contribution >= 4 is 17.8 Å². The number of hydrogen-bond acceptors (Lipinski definition) is 4. The van der Waals surface area contributed by atoms with Crippen LogP contribution in [0.3, 0.4) is 0 Å². The summed E-state index contributed by atoms with van der Waals surface area (Å²) in [5.74, 6) is -0.537. The number of Topliss-reactive ketones (excluding diaryl/α,β-unsaturated/α-hetero) is 1. The average Bonchev–Trinajstić information content (AvgIpc) is 2.99. The van der Waals surface area contributed by atoms with Crippen molar-refractivity contribution in [3.63, 3.8) is 0 Å². The molecule has 5 heteroatoms. The number of halogens is 1. The lowest BCUT2D eigenvalue weighted by Gasteiger charge is -2.14. The molecular weight excluding hydrogens is 311 g/mol. The largest absolute Gasteiger partial charge is 0.487 e. The van der Waals surface area contributed by atoms with Crippen molar-refractivity contribution in [1.82, 2.24) is 0 Å². The maximum absolute atomic E-state index is 14.2. The average molecular weight is 334 g/mol. The van der Waals surface area contributed by atoms with Gasteiger partial charge in [-0.15, -0.1) is 0 Å². The third kappa shape index (κ3) is 4.66. The van der Waals surface area contributed by atoms with Gasteiger partial charge in [0.05, 0.1) is 12.7 Å². The molecule has 2 rings (SSSR count). The van der Waals surface area contributed by atoms with E-state index in [9.17, 15) is 14.0 Å². The Morgan fingerprint density at radius 1 is 1.29 bits per heavy atom. The first-order valence-corrected chi connectivity index (χ1v) is 8.22. The van der Waals surface area contributed by atoms with Gasteiger partial charge in [0.25, 0.3) is 0 Å². The number of carbonyl (C=O) groups is 2. The Morgan fingerprint density at radius 2 is 2.04 bits per heavy atom. The van der Waals surface area contributed by atoms with Gasteiger partial charge >= 0.3 is 5.97 Å². The van der Waals surface area contributed by atoms with E-state index >= 15 is 0 Å². The highest BCUT2D eigenvalue weighted by atomic mass is 19.1. The molecule has 24 heavy (non-hydrogen) atoms. The van der Waals surface area contributed by atoms with Crippen LogP contribution in [0.25, 0.3) is 6.08 Å². The number of esters is 1. The first-order valence-electron chi connectivity index (χ1n) is 8.22. The van der Waals surface area contributed by atoms with Crippen LogP contribution in [0.2, 0.25) is 0 Å². The highest BCUT2D eigenvalue weighted by Gasteiger charge is 2.29. The lowest BCUT2D eigenvalue weighted by atomic mass is 10.0. The van der Waals surface area contributed by atoms with E-state index in [1.807, 2.05) is 0 Å². The summed E-state index contributed by atoms with van der Waals surface area (Å²) in [5, 5.41) is 0. The van der Waals surface area contributed by atoms with Gasteiger partial charge in [0.2, 0.25) is 0 Å². The maximum atomic E-state index is 14.2. The highest BCUT2D eigenvalue weighted by molar-refractivity contribution is 5.93. The fourth-order valence-corrected chi connectivity index (χ4v) is 2.85. The van der Waals surface area contributed by atoms with Gasteiger partial charge in [0.15, 0.2) is 11.6 Å². The van der Waals surface area contributed by atoms with Gasteiger partial charge in [-0.1, -0.05) is 6.07 Å². The van der Waals surface area contributed by atoms with Gasteiger partial charge in [-0.2, -0.15) is 0 Å². The van der Waals surface area contributed by atoms with Crippen molar-refractivity contribution in [3.05, 3.63) is 35.2 Å². The summed E-state index contributed by atoms with van der Waals surface area (Å²) >= 11 is 0. The molecule has 0 aliphatic heterocycles. The summed E-state index contributed by atoms with van der Waals surface area (Å²) in [7, 11) is 0. The SMILES string of the molecule is CCOC(=O)/C(C)=C/c1ccc(O[C@H]2CC[C@@H](C(C)=O)C2)c(F)c1. The number of ether oxygens (including phenoxy) is 2. The summed E-state index contributed by atoms with van der Waals surface area (Å²) < 4.78 is 24.8. The topological polar surface area (TPSA) is 52.6 Å². The number of rotatable bonds is 6. The van der Waals surface area contributed by atoms with E-state index in [1.165, 1.54) is 6.07 Å². The van der Waals surface area contributed by atoms with Gasteiger partial charge in [0.1, 0.15) is 5.78 Å². The lowest BCUT2D eigenvalue weighted by molar-refractivity contribution is -0.138. The second kappa shape index (κ2) is 8.08. The zero-order chi connectivity index (χ0) is 17.7. The molecule has 0 amide bonds. The number of ketones is 1. The van der Waals surface area contributed by atoms with Crippen molar-refractivity contribution in [1.29, 1.82) is 0 Å². The summed E-state index contributed by atoms with van der Waals surface area (Å²) in [6.07, 6.45) is 3.63. The van der Waals surface area contributed by atoms with Crippen LogP contribution >= 0.6 is 0 Å². The Kier molecular flexibility index (Phi) is 6.12. The predicted molar refractivity (Wildman–Crippen MR) is 89.1 cm³/mol. The molecule has 1 fully saturated rings. The van der Waals surface area contributed by atoms with Crippen LogP contribution in [0.15, 0.2) is 23.8 Å². The van der Waals surface area contributed by atoms with Crippen LogP contribution in [-0.2, 0) is 14.3 Å². The maximum Gasteiger partial charge on any atom is 0.333 e. The third-order valence-corrected chi connectivity index (χ3v) is 4.19. The minimum atomic E-state index is -0.480. The normalized spacial score (nSPS) is 20.8. The van der Waals surface area contributed by atoms with Crippen LogP contribution in [0.1, 0.15) is 45.6 Å². The van der Waals surface area contributed by atoms with Gasteiger partial charge in [0, 0.05) is 11.5 Å². The summed E-state index contributed by atoms with van der Waals surface area (Å²) in [6, 6.07) is 4.58. The Morgan fingerprint density at radius 3 is 2.62 bits per heavy atom. The van der Waals surface area contributed by atoms with Crippen LogP contribution in [-0.4, -0.2) is 24.5 Å². The van der Waals surface area contributed by atoms with Crippen LogP contribution in [0, 0.1) is 11.7 Å². The quantitative estimate of drug-likeness (QED) is 0.584. The second-order valence-corrected chi connectivity index (χ2v) is 6.10. The van der Waals surface area contributed by atoms with E-state index in [4.69, 9.17) is 9.47 Å². The van der Waals surface area contributed by atoms with Gasteiger partial charge in [-0.05, 0) is 63.8 Å². The molecule has 0 spiro atoms. The lowest BCUT2D eigenvalue weighted by Crippen LogP contribution is -2.15. The molecule has 1 saturated carbocycles. The van der Waals surface area contributed by atoms with Crippen LogP contribution in [0.4, 0.5) is 4.39 Å². The number of carbonyl (C=O) groups excluding carboxylic acids is 2. The molecule has 1 aromatic rings. The zero-order valence-corrected chi connectivity index (χ0v) is 14.3. The van der Waals surface area contributed by atoms with Crippen molar-refractivity contribution < 1.29 is 23.5 Å². The molecule has 0 saturated heterocycles. The molecule has 0 N–H and O–H groups in total. The molecule has 1 aliphatic carbocycles. The van der Waals surface area contributed by atoms with Crippen molar-refractivity contribution in [2.24, 2.45) is 5.92 Å². The highest BCUT2D eigenvalue weighted by Crippen LogP contribution is 2.31. The third-order valence-electron chi connectivity index (χ3n) is 4.19. The molecule has 2 atom stereocenters. The van der Waals surface area contributed by atoms with Crippen LogP contribution in [0.5, 0.6) is 5.75 Å². The summed E-state index contributed by atoms with van der Waals surface area (Å²) in [6.45, 7) is 5.24. The van der Waals surface area contributed by atoms with Crippen molar-refractivity contribution in [3.8, 4) is 5.75 Å². The molecule has 0 unspecified atom stereocenters. The van der Waals surface area contributed by atoms with E-state index < -0.39 is 11.8 Å². The molecule has 1 aliphatic rings. The van der Waals surface area contributed by atoms with Gasteiger partial charge in [-0.25, -0.2) is 9.18 Å². The summed E-state index contributed by atoms with van der Waals surface area (Å²) in [5.41, 5.74) is 0.975. The molecule has 4 nitrogen and oxygen atoms in total.